The maximum Gasteiger partial charge on any atom is 0.433 e. The minimum absolute atomic E-state index is 0.0529. The van der Waals surface area contributed by atoms with Crippen molar-refractivity contribution < 1.29 is 27.4 Å². The van der Waals surface area contributed by atoms with Gasteiger partial charge >= 0.3 is 12.1 Å². The summed E-state index contributed by atoms with van der Waals surface area (Å²) in [4.78, 5) is 31.9. The van der Waals surface area contributed by atoms with E-state index in [2.05, 4.69) is 25.2 Å². The highest BCUT2D eigenvalue weighted by Gasteiger charge is 2.42. The van der Waals surface area contributed by atoms with Crippen molar-refractivity contribution >= 4 is 40.5 Å². The number of carbonyl (C=O) groups excluding carboxylic acids is 1. The number of benzene rings is 1. The number of methoxy groups -OCH3 is 1. The zero-order valence-electron chi connectivity index (χ0n) is 26.2. The van der Waals surface area contributed by atoms with Crippen molar-refractivity contribution in [3.63, 3.8) is 0 Å². The maximum absolute atomic E-state index is 13.5. The topological polar surface area (TPSA) is 122 Å². The number of esters is 1. The summed E-state index contributed by atoms with van der Waals surface area (Å²) in [7, 11) is 7.45. The summed E-state index contributed by atoms with van der Waals surface area (Å²) in [5, 5.41) is 3.13. The van der Waals surface area contributed by atoms with Crippen LogP contribution in [-0.2, 0) is 16.3 Å². The lowest BCUT2D eigenvalue weighted by Crippen LogP contribution is -2.29. The van der Waals surface area contributed by atoms with Gasteiger partial charge in [-0.05, 0) is 46.1 Å². The van der Waals surface area contributed by atoms with Crippen LogP contribution in [0.4, 0.5) is 47.7 Å². The van der Waals surface area contributed by atoms with Crippen molar-refractivity contribution in [2.24, 2.45) is 0 Å². The van der Waals surface area contributed by atoms with Crippen molar-refractivity contribution in [3.05, 3.63) is 47.4 Å². The largest absolute Gasteiger partial charge is 0.494 e. The number of alkyl halides is 3. The van der Waals surface area contributed by atoms with E-state index in [1.165, 1.54) is 19.4 Å². The average Bonchev–Trinajstić information content (AvgIpc) is 3.20. The number of nitrogens with zero attached hydrogens (tertiary/aromatic N) is 6. The first-order valence-corrected chi connectivity index (χ1v) is 14.1. The van der Waals surface area contributed by atoms with Crippen LogP contribution in [0.1, 0.15) is 49.4 Å². The normalized spacial score (nSPS) is 14.2. The molecule has 11 nitrogen and oxygen atoms in total. The predicted molar refractivity (Wildman–Crippen MR) is 164 cm³/mol. The maximum atomic E-state index is 13.5. The van der Waals surface area contributed by atoms with E-state index in [1.807, 2.05) is 32.1 Å². The third-order valence-electron chi connectivity index (χ3n) is 7.13. The molecule has 0 unspecified atom stereocenters. The van der Waals surface area contributed by atoms with Crippen molar-refractivity contribution in [2.75, 3.05) is 68.7 Å². The molecule has 238 valence electrons. The Morgan fingerprint density at radius 3 is 2.48 bits per heavy atom. The van der Waals surface area contributed by atoms with Gasteiger partial charge in [-0.2, -0.15) is 18.2 Å². The molecule has 0 fully saturated rings. The Kier molecular flexibility index (Phi) is 9.14. The summed E-state index contributed by atoms with van der Waals surface area (Å²) in [5.74, 6) is 0.0858. The van der Waals surface area contributed by atoms with Crippen LogP contribution in [0, 0.1) is 0 Å². The molecule has 0 amide bonds. The second-order valence-electron chi connectivity index (χ2n) is 11.9. The van der Waals surface area contributed by atoms with Crippen molar-refractivity contribution in [2.45, 2.75) is 45.4 Å². The first-order valence-electron chi connectivity index (χ1n) is 14.1. The van der Waals surface area contributed by atoms with Gasteiger partial charge in [-0.15, -0.1) is 0 Å². The van der Waals surface area contributed by atoms with Crippen LogP contribution in [-0.4, -0.2) is 79.8 Å². The van der Waals surface area contributed by atoms with E-state index >= 15 is 0 Å². The van der Waals surface area contributed by atoms with Crippen LogP contribution < -0.4 is 25.6 Å². The monoisotopic (exact) mass is 616 g/mol. The Hall–Kier alpha value is -4.33. The van der Waals surface area contributed by atoms with E-state index < -0.39 is 29.4 Å². The number of hydrogen-bond donors (Lipinski definition) is 2. The van der Waals surface area contributed by atoms with E-state index in [9.17, 15) is 18.0 Å². The number of likely N-dealkylation sites (N-methyl/N-ethyl adjacent to an activating group) is 2. The number of carbonyl (C=O) groups is 1. The SMILES string of the molecule is COc1cc(N(C)CCN(C)C)c(N)cc1Nc1ncc(C(=O)OC(C)C)c(N2CC(C)(C)c3nc(C(F)(F)F)ccc32)n1. The molecule has 0 radical (unpaired) electrons. The molecular formula is C30H39F3N8O3. The van der Waals surface area contributed by atoms with E-state index in [0.29, 0.717) is 22.8 Å². The lowest BCUT2D eigenvalue weighted by Gasteiger charge is -2.25. The van der Waals surface area contributed by atoms with E-state index in [1.54, 1.807) is 38.7 Å². The smallest absolute Gasteiger partial charge is 0.433 e. The molecule has 14 heteroatoms. The van der Waals surface area contributed by atoms with Crippen LogP contribution in [0.5, 0.6) is 5.75 Å². The zero-order chi connectivity index (χ0) is 32.6. The molecule has 1 aliphatic heterocycles. The summed E-state index contributed by atoms with van der Waals surface area (Å²) in [6.07, 6.45) is -3.70. The Labute approximate surface area is 255 Å². The Bertz CT molecular complexity index is 1530. The molecular weight excluding hydrogens is 577 g/mol. The number of hydrogen-bond acceptors (Lipinski definition) is 11. The number of rotatable bonds is 10. The number of anilines is 6. The summed E-state index contributed by atoms with van der Waals surface area (Å²) in [6, 6.07) is 5.79. The number of pyridine rings is 1. The third kappa shape index (κ3) is 6.90. The molecule has 3 aromatic rings. The number of aromatic nitrogens is 3. The van der Waals surface area contributed by atoms with Crippen LogP contribution in [0.15, 0.2) is 30.5 Å². The molecule has 2 aromatic heterocycles. The summed E-state index contributed by atoms with van der Waals surface area (Å²) in [5.41, 5.74) is 7.10. The van der Waals surface area contributed by atoms with Crippen LogP contribution >= 0.6 is 0 Å². The van der Waals surface area contributed by atoms with Gasteiger partial charge in [0.15, 0.2) is 5.82 Å². The second kappa shape index (κ2) is 12.3. The minimum atomic E-state index is -4.60. The fourth-order valence-corrected chi connectivity index (χ4v) is 4.90. The van der Waals surface area contributed by atoms with Crippen LogP contribution in [0.3, 0.4) is 0 Å². The molecule has 0 spiro atoms. The van der Waals surface area contributed by atoms with Gasteiger partial charge in [-0.1, -0.05) is 13.8 Å². The van der Waals surface area contributed by atoms with Gasteiger partial charge in [-0.25, -0.2) is 14.8 Å². The first kappa shape index (κ1) is 32.6. The number of nitrogens with two attached hydrogens (primary N) is 1. The van der Waals surface area contributed by atoms with Gasteiger partial charge in [0.2, 0.25) is 5.95 Å². The highest BCUT2D eigenvalue weighted by atomic mass is 19.4. The van der Waals surface area contributed by atoms with Gasteiger partial charge in [-0.3, -0.25) is 0 Å². The highest BCUT2D eigenvalue weighted by Crippen LogP contribution is 2.45. The van der Waals surface area contributed by atoms with Gasteiger partial charge in [0.25, 0.3) is 0 Å². The standard InChI is InChI=1S/C30H39F3N8O3/c1-17(2)44-27(42)18-15-35-28(36-20-13-19(34)22(14-23(20)43-8)40(7)12-11-39(5)6)38-26(18)41-16-29(3,4)25-21(41)9-10-24(37-25)30(31,32)33/h9-10,13-15,17H,11-12,16,34H2,1-8H3,(H,35,36,38). The quantitative estimate of drug-likeness (QED) is 0.230. The fourth-order valence-electron chi connectivity index (χ4n) is 4.90. The Morgan fingerprint density at radius 2 is 1.86 bits per heavy atom. The zero-order valence-corrected chi connectivity index (χ0v) is 26.2. The molecule has 3 heterocycles. The van der Waals surface area contributed by atoms with Crippen molar-refractivity contribution in [1.29, 1.82) is 0 Å². The molecule has 4 rings (SSSR count). The first-order chi connectivity index (χ1) is 20.5. The third-order valence-corrected chi connectivity index (χ3v) is 7.13. The van der Waals surface area contributed by atoms with Crippen molar-refractivity contribution in [3.8, 4) is 5.75 Å². The Morgan fingerprint density at radius 1 is 1.16 bits per heavy atom. The number of fused-ring (bicyclic) bond motifs is 1. The van der Waals surface area contributed by atoms with Crippen LogP contribution in [0.2, 0.25) is 0 Å². The number of nitrogen functional groups attached to an aromatic ring is 1. The molecule has 0 saturated carbocycles. The molecule has 44 heavy (non-hydrogen) atoms. The molecule has 3 N–H and O–H groups in total. The number of nitrogens with one attached hydrogen (secondary N) is 1. The summed E-state index contributed by atoms with van der Waals surface area (Å²) >= 11 is 0. The summed E-state index contributed by atoms with van der Waals surface area (Å²) < 4.78 is 51.6. The fraction of sp³-hybridized carbons (Fsp3) is 0.467. The highest BCUT2D eigenvalue weighted by molar-refractivity contribution is 5.96. The Balaban J connectivity index is 1.77. The molecule has 1 aromatic carbocycles. The molecule has 0 atom stereocenters. The van der Waals surface area contributed by atoms with Gasteiger partial charge < -0.3 is 35.2 Å². The van der Waals surface area contributed by atoms with E-state index in [0.717, 1.165) is 24.8 Å². The second-order valence-corrected chi connectivity index (χ2v) is 11.9. The van der Waals surface area contributed by atoms with Crippen LogP contribution in [0.25, 0.3) is 0 Å². The minimum Gasteiger partial charge on any atom is -0.494 e. The lowest BCUT2D eigenvalue weighted by atomic mass is 9.91. The van der Waals surface area contributed by atoms with E-state index in [4.69, 9.17) is 15.2 Å². The van der Waals surface area contributed by atoms with E-state index in [-0.39, 0.29) is 29.6 Å². The molecule has 0 saturated heterocycles. The van der Waals surface area contributed by atoms with Gasteiger partial charge in [0, 0.05) is 44.4 Å². The number of halogens is 3. The summed E-state index contributed by atoms with van der Waals surface area (Å²) in [6.45, 7) is 8.77. The average molecular weight is 617 g/mol. The van der Waals surface area contributed by atoms with Crippen molar-refractivity contribution in [1.82, 2.24) is 19.9 Å². The number of ether oxygens (including phenoxy) is 2. The molecule has 1 aliphatic rings. The van der Waals surface area contributed by atoms with Gasteiger partial charge in [0.05, 0.1) is 41.7 Å². The molecule has 0 bridgehead atoms. The predicted octanol–water partition coefficient (Wildman–Crippen LogP) is 5.22. The molecule has 0 aliphatic carbocycles. The van der Waals surface area contributed by atoms with Gasteiger partial charge in [0.1, 0.15) is 17.0 Å². The lowest BCUT2D eigenvalue weighted by molar-refractivity contribution is -0.141.